The summed E-state index contributed by atoms with van der Waals surface area (Å²) in [4.78, 5) is 0. The van der Waals surface area contributed by atoms with Gasteiger partial charge in [-0.15, -0.1) is 0 Å². The van der Waals surface area contributed by atoms with Crippen molar-refractivity contribution in [1.82, 2.24) is 5.32 Å². The lowest BCUT2D eigenvalue weighted by Gasteiger charge is -2.12. The van der Waals surface area contributed by atoms with E-state index in [9.17, 15) is 8.42 Å². The number of sulfonamides is 1. The van der Waals surface area contributed by atoms with Gasteiger partial charge >= 0.3 is 0 Å². The van der Waals surface area contributed by atoms with Crippen molar-refractivity contribution in [2.75, 3.05) is 24.1 Å². The summed E-state index contributed by atoms with van der Waals surface area (Å²) >= 11 is 0. The number of rotatable bonds is 6. The molecule has 1 aromatic carbocycles. The molecule has 1 aliphatic heterocycles. The summed E-state index contributed by atoms with van der Waals surface area (Å²) in [6.07, 6.45) is 2.86. The van der Waals surface area contributed by atoms with Gasteiger partial charge in [-0.2, -0.15) is 0 Å². The maximum absolute atomic E-state index is 11.9. The average Bonchev–Trinajstić information content (AvgIpc) is 2.90. The van der Waals surface area contributed by atoms with Crippen molar-refractivity contribution < 1.29 is 13.2 Å². The minimum atomic E-state index is -3.27. The van der Waals surface area contributed by atoms with E-state index in [-0.39, 0.29) is 5.75 Å². The molecule has 1 fully saturated rings. The number of ether oxygens (including phenoxy) is 1. The smallest absolute Gasteiger partial charge is 0.232 e. The zero-order valence-electron chi connectivity index (χ0n) is 11.1. The predicted molar refractivity (Wildman–Crippen MR) is 76.0 cm³/mol. The fourth-order valence-electron chi connectivity index (χ4n) is 2.19. The van der Waals surface area contributed by atoms with Crippen LogP contribution in [0, 0.1) is 0 Å². The third-order valence-corrected chi connectivity index (χ3v) is 4.58. The summed E-state index contributed by atoms with van der Waals surface area (Å²) < 4.78 is 31.5. The van der Waals surface area contributed by atoms with Crippen LogP contribution in [0.5, 0.6) is 5.75 Å². The van der Waals surface area contributed by atoms with Crippen LogP contribution in [0.2, 0.25) is 0 Å². The van der Waals surface area contributed by atoms with Gasteiger partial charge in [-0.1, -0.05) is 0 Å². The molecule has 0 aliphatic carbocycles. The Labute approximate surface area is 114 Å². The van der Waals surface area contributed by atoms with E-state index in [2.05, 4.69) is 10.0 Å². The van der Waals surface area contributed by atoms with Crippen molar-refractivity contribution >= 4 is 15.7 Å². The van der Waals surface area contributed by atoms with E-state index in [4.69, 9.17) is 4.74 Å². The van der Waals surface area contributed by atoms with Crippen molar-refractivity contribution in [1.29, 1.82) is 0 Å². The first kappa shape index (κ1) is 14.1. The van der Waals surface area contributed by atoms with Crippen LogP contribution in [0.4, 0.5) is 5.69 Å². The number of benzene rings is 1. The average molecular weight is 284 g/mol. The molecule has 106 valence electrons. The van der Waals surface area contributed by atoms with Crippen molar-refractivity contribution in [2.45, 2.75) is 25.3 Å². The van der Waals surface area contributed by atoms with Crippen LogP contribution in [0.1, 0.15) is 19.3 Å². The molecule has 1 atom stereocenters. The highest BCUT2D eigenvalue weighted by molar-refractivity contribution is 7.92. The fourth-order valence-corrected chi connectivity index (χ4v) is 3.38. The second kappa shape index (κ2) is 6.25. The van der Waals surface area contributed by atoms with Crippen LogP contribution in [0.3, 0.4) is 0 Å². The van der Waals surface area contributed by atoms with Gasteiger partial charge < -0.3 is 10.1 Å². The van der Waals surface area contributed by atoms with Crippen LogP contribution in [0.15, 0.2) is 24.3 Å². The maximum atomic E-state index is 11.9. The SMILES string of the molecule is COc1ccc(NS(=O)(=O)CCC2CCCN2)cc1. The lowest BCUT2D eigenvalue weighted by molar-refractivity contribution is 0.415. The highest BCUT2D eigenvalue weighted by Crippen LogP contribution is 2.17. The summed E-state index contributed by atoms with van der Waals surface area (Å²) in [6.45, 7) is 0.997. The number of hydrogen-bond acceptors (Lipinski definition) is 4. The van der Waals surface area contributed by atoms with Gasteiger partial charge in [-0.25, -0.2) is 8.42 Å². The molecule has 0 bridgehead atoms. The Kier molecular flexibility index (Phi) is 4.66. The molecule has 0 aromatic heterocycles. The van der Waals surface area contributed by atoms with Gasteiger partial charge in [0.2, 0.25) is 10.0 Å². The Morgan fingerprint density at radius 3 is 2.68 bits per heavy atom. The van der Waals surface area contributed by atoms with Crippen LogP contribution in [0.25, 0.3) is 0 Å². The van der Waals surface area contributed by atoms with E-state index in [0.717, 1.165) is 19.4 Å². The molecule has 1 saturated heterocycles. The van der Waals surface area contributed by atoms with Crippen LogP contribution >= 0.6 is 0 Å². The minimum Gasteiger partial charge on any atom is -0.497 e. The van der Waals surface area contributed by atoms with Crippen molar-refractivity contribution in [3.63, 3.8) is 0 Å². The Hall–Kier alpha value is -1.27. The first-order valence-electron chi connectivity index (χ1n) is 6.47. The second-order valence-corrected chi connectivity index (χ2v) is 6.57. The second-order valence-electron chi connectivity index (χ2n) is 4.73. The van der Waals surface area contributed by atoms with Gasteiger partial charge in [-0.05, 0) is 50.1 Å². The molecule has 0 spiro atoms. The summed E-state index contributed by atoms with van der Waals surface area (Å²) in [5.74, 6) is 0.856. The van der Waals surface area contributed by atoms with E-state index < -0.39 is 10.0 Å². The molecule has 1 aromatic rings. The van der Waals surface area contributed by atoms with Crippen molar-refractivity contribution in [2.24, 2.45) is 0 Å². The molecule has 5 nitrogen and oxygen atoms in total. The molecule has 1 aliphatic rings. The molecule has 0 saturated carbocycles. The molecular formula is C13H20N2O3S. The van der Waals surface area contributed by atoms with Crippen LogP contribution in [-0.2, 0) is 10.0 Å². The molecular weight excluding hydrogens is 264 g/mol. The molecule has 2 rings (SSSR count). The first-order chi connectivity index (χ1) is 9.09. The van der Waals surface area contributed by atoms with Crippen LogP contribution in [-0.4, -0.2) is 33.9 Å². The number of hydrogen-bond donors (Lipinski definition) is 2. The van der Waals surface area contributed by atoms with Crippen molar-refractivity contribution in [3.8, 4) is 5.75 Å². The Balaban J connectivity index is 1.88. The van der Waals surface area contributed by atoms with Gasteiger partial charge in [0.15, 0.2) is 0 Å². The number of anilines is 1. The third kappa shape index (κ3) is 4.40. The fraction of sp³-hybridized carbons (Fsp3) is 0.538. The standard InChI is InChI=1S/C13H20N2O3S/c1-18-13-6-4-12(5-7-13)15-19(16,17)10-8-11-3-2-9-14-11/h4-7,11,14-15H,2-3,8-10H2,1H3. The summed E-state index contributed by atoms with van der Waals surface area (Å²) in [6, 6.07) is 7.20. The van der Waals surface area contributed by atoms with E-state index in [1.165, 1.54) is 0 Å². The Morgan fingerprint density at radius 1 is 1.37 bits per heavy atom. The molecule has 19 heavy (non-hydrogen) atoms. The van der Waals surface area contributed by atoms with Crippen molar-refractivity contribution in [3.05, 3.63) is 24.3 Å². The Bertz CT molecular complexity index is 493. The lowest BCUT2D eigenvalue weighted by atomic mass is 10.2. The monoisotopic (exact) mass is 284 g/mol. The third-order valence-electron chi connectivity index (χ3n) is 3.26. The molecule has 0 radical (unpaired) electrons. The van der Waals surface area contributed by atoms with E-state index >= 15 is 0 Å². The molecule has 1 unspecified atom stereocenters. The summed E-state index contributed by atoms with van der Waals surface area (Å²) in [5, 5.41) is 3.30. The topological polar surface area (TPSA) is 67.4 Å². The molecule has 6 heteroatoms. The summed E-state index contributed by atoms with van der Waals surface area (Å²) in [5.41, 5.74) is 0.570. The van der Waals surface area contributed by atoms with Gasteiger partial charge in [0, 0.05) is 11.7 Å². The molecule has 1 heterocycles. The highest BCUT2D eigenvalue weighted by atomic mass is 32.2. The number of nitrogens with one attached hydrogen (secondary N) is 2. The van der Waals surface area contributed by atoms with Gasteiger partial charge in [0.1, 0.15) is 5.75 Å². The number of methoxy groups -OCH3 is 1. The zero-order valence-corrected chi connectivity index (χ0v) is 11.9. The lowest BCUT2D eigenvalue weighted by Crippen LogP contribution is -2.26. The van der Waals surface area contributed by atoms with Gasteiger partial charge in [0.25, 0.3) is 0 Å². The van der Waals surface area contributed by atoms with E-state index in [1.807, 2.05) is 0 Å². The Morgan fingerprint density at radius 2 is 2.11 bits per heavy atom. The summed E-state index contributed by atoms with van der Waals surface area (Å²) in [7, 11) is -1.70. The minimum absolute atomic E-state index is 0.149. The quantitative estimate of drug-likeness (QED) is 0.832. The molecule has 2 N–H and O–H groups in total. The first-order valence-corrected chi connectivity index (χ1v) is 8.12. The van der Waals surface area contributed by atoms with Gasteiger partial charge in [-0.3, -0.25) is 4.72 Å². The van der Waals surface area contributed by atoms with Crippen LogP contribution < -0.4 is 14.8 Å². The van der Waals surface area contributed by atoms with E-state index in [0.29, 0.717) is 23.9 Å². The maximum Gasteiger partial charge on any atom is 0.232 e. The molecule has 0 amide bonds. The van der Waals surface area contributed by atoms with E-state index in [1.54, 1.807) is 31.4 Å². The zero-order chi connectivity index (χ0) is 13.7. The predicted octanol–water partition coefficient (Wildman–Crippen LogP) is 1.58. The highest BCUT2D eigenvalue weighted by Gasteiger charge is 2.18. The normalized spacial score (nSPS) is 19.3. The van der Waals surface area contributed by atoms with Gasteiger partial charge in [0.05, 0.1) is 12.9 Å². The largest absolute Gasteiger partial charge is 0.497 e.